The first kappa shape index (κ1) is 17.6. The molecule has 0 spiro atoms. The number of piperazine rings is 1. The molecule has 3 N–H and O–H groups in total. The number of carbonyl (C=O) groups is 2. The van der Waals surface area contributed by atoms with Gasteiger partial charge in [0.25, 0.3) is 5.91 Å². The molecule has 136 valence electrons. The Kier molecular flexibility index (Phi) is 5.83. The number of ether oxygens (including phenoxy) is 1. The van der Waals surface area contributed by atoms with Crippen molar-refractivity contribution in [2.45, 2.75) is 25.4 Å². The number of carbonyl (C=O) groups excluding carboxylic acids is 2. The number of anilines is 1. The molecular formula is C17H25N5O3. The second-order valence-corrected chi connectivity index (χ2v) is 6.38. The van der Waals surface area contributed by atoms with Crippen LogP contribution in [0.25, 0.3) is 0 Å². The number of imide groups is 1. The molecule has 8 heteroatoms. The van der Waals surface area contributed by atoms with Crippen LogP contribution in [0.3, 0.4) is 0 Å². The molecule has 1 aromatic rings. The summed E-state index contributed by atoms with van der Waals surface area (Å²) in [5.74, 6) is 0.826. The lowest BCUT2D eigenvalue weighted by Crippen LogP contribution is -2.47. The smallest absolute Gasteiger partial charge is 0.267 e. The molecule has 1 atom stereocenters. The summed E-state index contributed by atoms with van der Waals surface area (Å²) in [6.45, 7) is 5.68. The van der Waals surface area contributed by atoms with E-state index in [2.05, 4.69) is 20.1 Å². The van der Waals surface area contributed by atoms with E-state index in [1.54, 1.807) is 6.20 Å². The lowest BCUT2D eigenvalue weighted by molar-refractivity contribution is -0.138. The molecule has 1 unspecified atom stereocenters. The number of nitrogens with one attached hydrogen (secondary N) is 1. The van der Waals surface area contributed by atoms with Gasteiger partial charge in [0.15, 0.2) is 6.10 Å². The van der Waals surface area contributed by atoms with Crippen molar-refractivity contribution in [3.63, 3.8) is 0 Å². The average Bonchev–Trinajstić information content (AvgIpc) is 2.63. The van der Waals surface area contributed by atoms with Crippen molar-refractivity contribution in [1.29, 1.82) is 0 Å². The first-order valence-electron chi connectivity index (χ1n) is 8.79. The molecule has 0 saturated carbocycles. The standard InChI is InChI=1S/C17H25N5O3/c18-6-1-7-21-8-10-22(11-9-21)15-4-2-13(12-19-15)25-14-3-5-16(23)20-17(14)24/h2,4,12,14H,1,3,5-11,18H2,(H,20,23,24). The lowest BCUT2D eigenvalue weighted by Gasteiger charge is -2.35. The van der Waals surface area contributed by atoms with Crippen molar-refractivity contribution in [3.05, 3.63) is 18.3 Å². The predicted molar refractivity (Wildman–Crippen MR) is 93.4 cm³/mol. The van der Waals surface area contributed by atoms with E-state index in [9.17, 15) is 9.59 Å². The Hall–Kier alpha value is -2.19. The van der Waals surface area contributed by atoms with E-state index < -0.39 is 6.10 Å². The Balaban J connectivity index is 1.51. The fraction of sp³-hybridized carbons (Fsp3) is 0.588. The summed E-state index contributed by atoms with van der Waals surface area (Å²) in [4.78, 5) is 32.0. The summed E-state index contributed by atoms with van der Waals surface area (Å²) in [7, 11) is 0. The Morgan fingerprint density at radius 3 is 2.68 bits per heavy atom. The minimum Gasteiger partial charge on any atom is -0.479 e. The minimum absolute atomic E-state index is 0.246. The van der Waals surface area contributed by atoms with Gasteiger partial charge in [-0.2, -0.15) is 0 Å². The molecular weight excluding hydrogens is 322 g/mol. The van der Waals surface area contributed by atoms with Crippen LogP contribution >= 0.6 is 0 Å². The van der Waals surface area contributed by atoms with Gasteiger partial charge in [0, 0.05) is 39.0 Å². The SMILES string of the molecule is NCCCN1CCN(c2ccc(OC3CCC(=O)NC3=O)cn2)CC1. The highest BCUT2D eigenvalue weighted by atomic mass is 16.5. The summed E-state index contributed by atoms with van der Waals surface area (Å²) in [5, 5.41) is 2.29. The third-order valence-electron chi connectivity index (χ3n) is 4.56. The molecule has 2 fully saturated rings. The fourth-order valence-electron chi connectivity index (χ4n) is 3.10. The average molecular weight is 347 g/mol. The number of aromatic nitrogens is 1. The van der Waals surface area contributed by atoms with Crippen LogP contribution in [-0.2, 0) is 9.59 Å². The third kappa shape index (κ3) is 4.67. The number of amides is 2. The van der Waals surface area contributed by atoms with Crippen molar-refractivity contribution < 1.29 is 14.3 Å². The highest BCUT2D eigenvalue weighted by Crippen LogP contribution is 2.20. The van der Waals surface area contributed by atoms with E-state index in [1.165, 1.54) is 0 Å². The Morgan fingerprint density at radius 1 is 1.24 bits per heavy atom. The van der Waals surface area contributed by atoms with Crippen molar-refractivity contribution in [1.82, 2.24) is 15.2 Å². The quantitative estimate of drug-likeness (QED) is 0.684. The number of hydrogen-bond donors (Lipinski definition) is 2. The van der Waals surface area contributed by atoms with Crippen LogP contribution in [-0.4, -0.2) is 67.1 Å². The van der Waals surface area contributed by atoms with Gasteiger partial charge < -0.3 is 15.4 Å². The van der Waals surface area contributed by atoms with Gasteiger partial charge in [-0.15, -0.1) is 0 Å². The monoisotopic (exact) mass is 347 g/mol. The van der Waals surface area contributed by atoms with Crippen molar-refractivity contribution in [2.75, 3.05) is 44.2 Å². The second kappa shape index (κ2) is 8.26. The molecule has 3 rings (SSSR count). The summed E-state index contributed by atoms with van der Waals surface area (Å²) in [6.07, 6.45) is 2.74. The van der Waals surface area contributed by atoms with Gasteiger partial charge in [0.05, 0.1) is 6.20 Å². The Labute approximate surface area is 147 Å². The van der Waals surface area contributed by atoms with Crippen molar-refractivity contribution >= 4 is 17.6 Å². The van der Waals surface area contributed by atoms with Crippen molar-refractivity contribution in [2.24, 2.45) is 5.73 Å². The lowest BCUT2D eigenvalue weighted by atomic mass is 10.1. The molecule has 0 bridgehead atoms. The first-order chi connectivity index (χ1) is 12.2. The molecule has 0 aromatic carbocycles. The van der Waals surface area contributed by atoms with E-state index in [0.717, 1.165) is 51.5 Å². The predicted octanol–water partition coefficient (Wildman–Crippen LogP) is -0.264. The molecule has 1 aromatic heterocycles. The van der Waals surface area contributed by atoms with E-state index >= 15 is 0 Å². The van der Waals surface area contributed by atoms with Gasteiger partial charge in [0.1, 0.15) is 11.6 Å². The summed E-state index contributed by atoms with van der Waals surface area (Å²) >= 11 is 0. The van der Waals surface area contributed by atoms with Gasteiger partial charge in [-0.25, -0.2) is 4.98 Å². The molecule has 2 saturated heterocycles. The maximum absolute atomic E-state index is 11.7. The van der Waals surface area contributed by atoms with E-state index in [-0.39, 0.29) is 11.8 Å². The molecule has 3 heterocycles. The summed E-state index contributed by atoms with van der Waals surface area (Å²) < 4.78 is 5.65. The molecule has 25 heavy (non-hydrogen) atoms. The molecule has 2 amide bonds. The van der Waals surface area contributed by atoms with Gasteiger partial charge in [-0.3, -0.25) is 19.8 Å². The maximum Gasteiger partial charge on any atom is 0.267 e. The van der Waals surface area contributed by atoms with Crippen LogP contribution in [0, 0.1) is 0 Å². The topological polar surface area (TPSA) is 101 Å². The first-order valence-corrected chi connectivity index (χ1v) is 8.79. The van der Waals surface area contributed by atoms with Crippen LogP contribution in [0.4, 0.5) is 5.82 Å². The van der Waals surface area contributed by atoms with Crippen LogP contribution < -0.4 is 20.7 Å². The van der Waals surface area contributed by atoms with Crippen LogP contribution in [0.2, 0.25) is 0 Å². The van der Waals surface area contributed by atoms with Crippen LogP contribution in [0.1, 0.15) is 19.3 Å². The summed E-state index contributed by atoms with van der Waals surface area (Å²) in [6, 6.07) is 3.74. The number of pyridine rings is 1. The Morgan fingerprint density at radius 2 is 2.04 bits per heavy atom. The van der Waals surface area contributed by atoms with Gasteiger partial charge in [0.2, 0.25) is 5.91 Å². The minimum atomic E-state index is -0.628. The largest absolute Gasteiger partial charge is 0.479 e. The highest BCUT2D eigenvalue weighted by Gasteiger charge is 2.28. The van der Waals surface area contributed by atoms with E-state index in [0.29, 0.717) is 18.6 Å². The van der Waals surface area contributed by atoms with Gasteiger partial charge >= 0.3 is 0 Å². The molecule has 2 aliphatic rings. The number of hydrogen-bond acceptors (Lipinski definition) is 7. The number of rotatable bonds is 6. The van der Waals surface area contributed by atoms with Crippen LogP contribution in [0.5, 0.6) is 5.75 Å². The summed E-state index contributed by atoms with van der Waals surface area (Å²) in [5.41, 5.74) is 5.56. The molecule has 0 radical (unpaired) electrons. The maximum atomic E-state index is 11.7. The van der Waals surface area contributed by atoms with E-state index in [1.807, 2.05) is 12.1 Å². The highest BCUT2D eigenvalue weighted by molar-refractivity contribution is 5.99. The fourth-order valence-corrected chi connectivity index (χ4v) is 3.10. The zero-order valence-electron chi connectivity index (χ0n) is 14.3. The second-order valence-electron chi connectivity index (χ2n) is 6.38. The van der Waals surface area contributed by atoms with Crippen LogP contribution in [0.15, 0.2) is 18.3 Å². The molecule has 0 aliphatic carbocycles. The number of piperidine rings is 1. The van der Waals surface area contributed by atoms with Gasteiger partial charge in [-0.05, 0) is 31.6 Å². The van der Waals surface area contributed by atoms with Crippen molar-refractivity contribution in [3.8, 4) is 5.75 Å². The van der Waals surface area contributed by atoms with Gasteiger partial charge in [-0.1, -0.05) is 0 Å². The molecule has 2 aliphatic heterocycles. The zero-order valence-corrected chi connectivity index (χ0v) is 14.3. The normalized spacial score (nSPS) is 22.0. The van der Waals surface area contributed by atoms with E-state index in [4.69, 9.17) is 10.5 Å². The third-order valence-corrected chi connectivity index (χ3v) is 4.56. The Bertz CT molecular complexity index is 599. The molecule has 8 nitrogen and oxygen atoms in total. The zero-order chi connectivity index (χ0) is 17.6. The number of nitrogens with two attached hydrogens (primary N) is 1. The number of nitrogens with zero attached hydrogens (tertiary/aromatic N) is 3.